The normalized spacial score (nSPS) is 28.0. The van der Waals surface area contributed by atoms with Crippen molar-refractivity contribution in [2.75, 3.05) is 13.1 Å². The number of nitrogens with two attached hydrogens (primary N) is 1. The Kier molecular flexibility index (Phi) is 7.74. The molecule has 4 rings (SSSR count). The van der Waals surface area contributed by atoms with Crippen molar-refractivity contribution in [2.24, 2.45) is 17.6 Å². The molecule has 148 valence electrons. The van der Waals surface area contributed by atoms with Crippen LogP contribution >= 0.6 is 24.8 Å². The zero-order chi connectivity index (χ0) is 16.5. The fourth-order valence-corrected chi connectivity index (χ4v) is 4.90. The number of halogens is 2. The SMILES string of the molecule is Cl.Cl.NC[C@H]1CCC[C@H]1C(=O)N1CCCCC1c1nnc2n1CCCC2. The third-order valence-electron chi connectivity index (χ3n) is 6.25. The lowest BCUT2D eigenvalue weighted by molar-refractivity contribution is -0.140. The molecule has 1 aromatic rings. The summed E-state index contributed by atoms with van der Waals surface area (Å²) in [4.78, 5) is 15.4. The summed E-state index contributed by atoms with van der Waals surface area (Å²) >= 11 is 0. The Balaban J connectivity index is 0.00000121. The van der Waals surface area contributed by atoms with Crippen LogP contribution in [0.2, 0.25) is 0 Å². The molecule has 1 amide bonds. The lowest BCUT2D eigenvalue weighted by Gasteiger charge is -2.38. The summed E-state index contributed by atoms with van der Waals surface area (Å²) in [5, 5.41) is 8.92. The van der Waals surface area contributed by atoms with Crippen LogP contribution in [-0.2, 0) is 17.8 Å². The molecule has 3 atom stereocenters. The molecule has 1 aromatic heterocycles. The van der Waals surface area contributed by atoms with E-state index in [1.807, 2.05) is 0 Å². The van der Waals surface area contributed by atoms with E-state index in [0.29, 0.717) is 18.4 Å². The van der Waals surface area contributed by atoms with Crippen LogP contribution in [0.4, 0.5) is 0 Å². The van der Waals surface area contributed by atoms with Crippen LogP contribution in [0.25, 0.3) is 0 Å². The average molecular weight is 404 g/mol. The summed E-state index contributed by atoms with van der Waals surface area (Å²) in [5.74, 6) is 2.95. The van der Waals surface area contributed by atoms with E-state index in [9.17, 15) is 4.79 Å². The van der Waals surface area contributed by atoms with Gasteiger partial charge in [0.15, 0.2) is 5.82 Å². The smallest absolute Gasteiger partial charge is 0.226 e. The Morgan fingerprint density at radius 2 is 1.81 bits per heavy atom. The van der Waals surface area contributed by atoms with Gasteiger partial charge in [-0.25, -0.2) is 0 Å². The number of carbonyl (C=O) groups excluding carboxylic acids is 1. The number of aryl methyl sites for hydroxylation is 1. The van der Waals surface area contributed by atoms with Crippen molar-refractivity contribution in [2.45, 2.75) is 70.4 Å². The minimum atomic E-state index is 0. The largest absolute Gasteiger partial charge is 0.332 e. The maximum atomic E-state index is 13.3. The fraction of sp³-hybridized carbons (Fsp3) is 0.833. The first-order chi connectivity index (χ1) is 11.8. The molecule has 1 saturated heterocycles. The van der Waals surface area contributed by atoms with E-state index in [0.717, 1.165) is 63.3 Å². The van der Waals surface area contributed by atoms with Gasteiger partial charge in [-0.3, -0.25) is 4.79 Å². The van der Waals surface area contributed by atoms with E-state index in [1.54, 1.807) is 0 Å². The highest BCUT2D eigenvalue weighted by Gasteiger charge is 2.39. The molecule has 6 nitrogen and oxygen atoms in total. The second kappa shape index (κ2) is 9.38. The van der Waals surface area contributed by atoms with Gasteiger partial charge >= 0.3 is 0 Å². The number of rotatable bonds is 3. The molecule has 2 aliphatic heterocycles. The van der Waals surface area contributed by atoms with Crippen molar-refractivity contribution in [3.05, 3.63) is 11.6 Å². The van der Waals surface area contributed by atoms with E-state index in [4.69, 9.17) is 5.73 Å². The molecular weight excluding hydrogens is 373 g/mol. The third-order valence-corrected chi connectivity index (χ3v) is 6.25. The number of hydrogen-bond acceptors (Lipinski definition) is 4. The average Bonchev–Trinajstić information content (AvgIpc) is 3.27. The predicted molar refractivity (Wildman–Crippen MR) is 106 cm³/mol. The maximum absolute atomic E-state index is 13.3. The lowest BCUT2D eigenvalue weighted by Crippen LogP contribution is -2.44. The first-order valence-electron chi connectivity index (χ1n) is 9.72. The molecule has 26 heavy (non-hydrogen) atoms. The number of piperidine rings is 1. The van der Waals surface area contributed by atoms with Crippen LogP contribution in [0.15, 0.2) is 0 Å². The molecule has 1 unspecified atom stereocenters. The van der Waals surface area contributed by atoms with Crippen molar-refractivity contribution >= 4 is 30.7 Å². The van der Waals surface area contributed by atoms with Gasteiger partial charge in [-0.1, -0.05) is 6.42 Å². The van der Waals surface area contributed by atoms with E-state index in [2.05, 4.69) is 19.7 Å². The lowest BCUT2D eigenvalue weighted by atomic mass is 9.92. The first-order valence-corrected chi connectivity index (χ1v) is 9.72. The van der Waals surface area contributed by atoms with Crippen molar-refractivity contribution < 1.29 is 4.79 Å². The van der Waals surface area contributed by atoms with Crippen molar-refractivity contribution in [3.8, 4) is 0 Å². The Morgan fingerprint density at radius 3 is 2.62 bits per heavy atom. The zero-order valence-corrected chi connectivity index (χ0v) is 16.9. The highest BCUT2D eigenvalue weighted by molar-refractivity contribution is 5.85. The van der Waals surface area contributed by atoms with Gasteiger partial charge in [-0.05, 0) is 57.4 Å². The van der Waals surface area contributed by atoms with Crippen LogP contribution in [-0.4, -0.2) is 38.7 Å². The minimum Gasteiger partial charge on any atom is -0.332 e. The number of likely N-dealkylation sites (tertiary alicyclic amines) is 1. The Labute approximate surface area is 168 Å². The van der Waals surface area contributed by atoms with Gasteiger partial charge < -0.3 is 15.2 Å². The minimum absolute atomic E-state index is 0. The molecule has 0 spiro atoms. The molecule has 2 fully saturated rings. The van der Waals surface area contributed by atoms with Crippen LogP contribution in [0.1, 0.15) is 69.1 Å². The van der Waals surface area contributed by atoms with Gasteiger partial charge in [0.05, 0.1) is 6.04 Å². The summed E-state index contributed by atoms with van der Waals surface area (Å²) in [6.45, 7) is 2.50. The molecular formula is C18H31Cl2N5O. The quantitative estimate of drug-likeness (QED) is 0.841. The molecule has 1 saturated carbocycles. The van der Waals surface area contributed by atoms with Gasteiger partial charge in [-0.2, -0.15) is 0 Å². The van der Waals surface area contributed by atoms with Crippen LogP contribution in [0, 0.1) is 11.8 Å². The fourth-order valence-electron chi connectivity index (χ4n) is 4.90. The molecule has 0 bridgehead atoms. The molecule has 0 aromatic carbocycles. The predicted octanol–water partition coefficient (Wildman–Crippen LogP) is 2.89. The Morgan fingerprint density at radius 1 is 1.00 bits per heavy atom. The first kappa shape index (κ1) is 21.5. The number of hydrogen-bond donors (Lipinski definition) is 1. The number of aromatic nitrogens is 3. The Hall–Kier alpha value is -0.850. The third kappa shape index (κ3) is 3.87. The Bertz CT molecular complexity index is 608. The molecule has 0 radical (unpaired) electrons. The molecule has 3 aliphatic rings. The second-order valence-corrected chi connectivity index (χ2v) is 7.66. The number of amides is 1. The van der Waals surface area contributed by atoms with Crippen LogP contribution in [0.3, 0.4) is 0 Å². The number of fused-ring (bicyclic) bond motifs is 1. The van der Waals surface area contributed by atoms with Crippen LogP contribution < -0.4 is 5.73 Å². The molecule has 3 heterocycles. The topological polar surface area (TPSA) is 77.0 Å². The summed E-state index contributed by atoms with van der Waals surface area (Å²) in [6, 6.07) is 0.115. The van der Waals surface area contributed by atoms with Gasteiger partial charge in [0.2, 0.25) is 5.91 Å². The zero-order valence-electron chi connectivity index (χ0n) is 15.3. The van der Waals surface area contributed by atoms with Crippen molar-refractivity contribution in [3.63, 3.8) is 0 Å². The van der Waals surface area contributed by atoms with E-state index < -0.39 is 0 Å². The van der Waals surface area contributed by atoms with Gasteiger partial charge in [-0.15, -0.1) is 35.0 Å². The summed E-state index contributed by atoms with van der Waals surface area (Å²) in [7, 11) is 0. The van der Waals surface area contributed by atoms with Crippen molar-refractivity contribution in [1.82, 2.24) is 19.7 Å². The van der Waals surface area contributed by atoms with E-state index in [-0.39, 0.29) is 36.8 Å². The van der Waals surface area contributed by atoms with Gasteiger partial charge in [0.25, 0.3) is 0 Å². The summed E-state index contributed by atoms with van der Waals surface area (Å²) in [5.41, 5.74) is 5.91. The monoisotopic (exact) mass is 403 g/mol. The van der Waals surface area contributed by atoms with E-state index >= 15 is 0 Å². The standard InChI is InChI=1S/C18H29N5O.2ClH/c19-12-13-6-5-7-14(13)18(24)22-10-3-1-8-15(22)17-21-20-16-9-2-4-11-23(16)17;;/h13-15H,1-12,19H2;2*1H/t13-,14-,15?;;/m1../s1. The number of carbonyl (C=O) groups is 1. The molecule has 2 N–H and O–H groups in total. The van der Waals surface area contributed by atoms with Crippen molar-refractivity contribution in [1.29, 1.82) is 0 Å². The molecule has 1 aliphatic carbocycles. The molecule has 8 heteroatoms. The highest BCUT2D eigenvalue weighted by atomic mass is 35.5. The van der Waals surface area contributed by atoms with Gasteiger partial charge in [0, 0.05) is 25.4 Å². The second-order valence-electron chi connectivity index (χ2n) is 7.66. The van der Waals surface area contributed by atoms with Gasteiger partial charge in [0.1, 0.15) is 5.82 Å². The highest BCUT2D eigenvalue weighted by Crippen LogP contribution is 2.37. The van der Waals surface area contributed by atoms with Crippen LogP contribution in [0.5, 0.6) is 0 Å². The maximum Gasteiger partial charge on any atom is 0.226 e. The van der Waals surface area contributed by atoms with E-state index in [1.165, 1.54) is 19.3 Å². The summed E-state index contributed by atoms with van der Waals surface area (Å²) in [6.07, 6.45) is 9.94. The number of nitrogens with zero attached hydrogens (tertiary/aromatic N) is 4. The summed E-state index contributed by atoms with van der Waals surface area (Å²) < 4.78 is 2.29.